The summed E-state index contributed by atoms with van der Waals surface area (Å²) in [5, 5.41) is 3.17. The molecule has 0 radical (unpaired) electrons. The highest BCUT2D eigenvalue weighted by molar-refractivity contribution is 9.10. The SMILES string of the molecule is CNC(Cc1ccc(F)c(Br)c1)c1ncccn1. The van der Waals surface area contributed by atoms with Crippen LogP contribution in [-0.4, -0.2) is 17.0 Å². The van der Waals surface area contributed by atoms with Gasteiger partial charge in [-0.15, -0.1) is 0 Å². The second-order valence-electron chi connectivity index (χ2n) is 3.90. The van der Waals surface area contributed by atoms with Crippen molar-refractivity contribution in [3.8, 4) is 0 Å². The summed E-state index contributed by atoms with van der Waals surface area (Å²) < 4.78 is 13.6. The standard InChI is InChI=1S/C13H13BrFN3/c1-16-12(13-17-5-2-6-18-13)8-9-3-4-11(15)10(14)7-9/h2-7,12,16H,8H2,1H3. The molecule has 5 heteroatoms. The van der Waals surface area contributed by atoms with Gasteiger partial charge in [0.05, 0.1) is 10.5 Å². The van der Waals surface area contributed by atoms with Crippen molar-refractivity contribution in [3.05, 3.63) is 58.3 Å². The summed E-state index contributed by atoms with van der Waals surface area (Å²) in [7, 11) is 1.86. The third-order valence-corrected chi connectivity index (χ3v) is 3.28. The fourth-order valence-electron chi connectivity index (χ4n) is 1.72. The fraction of sp³-hybridized carbons (Fsp3) is 0.231. The van der Waals surface area contributed by atoms with Gasteiger partial charge in [0.2, 0.25) is 0 Å². The molecule has 0 saturated heterocycles. The molecular weight excluding hydrogens is 297 g/mol. The molecule has 3 nitrogen and oxygen atoms in total. The lowest BCUT2D eigenvalue weighted by Crippen LogP contribution is -2.21. The van der Waals surface area contributed by atoms with Gasteiger partial charge in [-0.2, -0.15) is 0 Å². The molecule has 0 fully saturated rings. The van der Waals surface area contributed by atoms with Crippen LogP contribution in [0, 0.1) is 5.82 Å². The average molecular weight is 310 g/mol. The maximum Gasteiger partial charge on any atom is 0.145 e. The van der Waals surface area contributed by atoms with Crippen LogP contribution in [0.4, 0.5) is 4.39 Å². The number of benzene rings is 1. The maximum atomic E-state index is 13.2. The summed E-state index contributed by atoms with van der Waals surface area (Å²) in [6, 6.07) is 6.81. The summed E-state index contributed by atoms with van der Waals surface area (Å²) in [6.45, 7) is 0. The Hall–Kier alpha value is -1.33. The average Bonchev–Trinajstić information content (AvgIpc) is 2.41. The Kier molecular flexibility index (Phi) is 4.38. The highest BCUT2D eigenvalue weighted by Crippen LogP contribution is 2.20. The first kappa shape index (κ1) is 13.1. The Morgan fingerprint density at radius 2 is 2.06 bits per heavy atom. The van der Waals surface area contributed by atoms with E-state index < -0.39 is 0 Å². The molecule has 1 unspecified atom stereocenters. The third kappa shape index (κ3) is 3.11. The molecule has 0 bridgehead atoms. The number of likely N-dealkylation sites (N-methyl/N-ethyl adjacent to an activating group) is 1. The minimum Gasteiger partial charge on any atom is -0.310 e. The van der Waals surface area contributed by atoms with Crippen molar-refractivity contribution in [2.24, 2.45) is 0 Å². The van der Waals surface area contributed by atoms with Gasteiger partial charge >= 0.3 is 0 Å². The van der Waals surface area contributed by atoms with E-state index in [0.717, 1.165) is 11.4 Å². The van der Waals surface area contributed by atoms with Gasteiger partial charge in [0.1, 0.15) is 11.6 Å². The van der Waals surface area contributed by atoms with E-state index in [2.05, 4.69) is 31.2 Å². The normalized spacial score (nSPS) is 12.4. The van der Waals surface area contributed by atoms with E-state index in [9.17, 15) is 4.39 Å². The summed E-state index contributed by atoms with van der Waals surface area (Å²) in [6.07, 6.45) is 4.14. The Labute approximate surface area is 114 Å². The van der Waals surface area contributed by atoms with E-state index in [-0.39, 0.29) is 11.9 Å². The lowest BCUT2D eigenvalue weighted by Gasteiger charge is -2.14. The molecule has 18 heavy (non-hydrogen) atoms. The zero-order valence-electron chi connectivity index (χ0n) is 9.90. The van der Waals surface area contributed by atoms with Crippen LogP contribution >= 0.6 is 15.9 Å². The molecule has 1 N–H and O–H groups in total. The molecule has 0 aliphatic heterocycles. The molecule has 1 aromatic heterocycles. The van der Waals surface area contributed by atoms with E-state index in [1.54, 1.807) is 30.6 Å². The first-order valence-corrected chi connectivity index (χ1v) is 6.38. The van der Waals surface area contributed by atoms with Gasteiger partial charge in [-0.3, -0.25) is 0 Å². The lowest BCUT2D eigenvalue weighted by molar-refractivity contribution is 0.555. The second kappa shape index (κ2) is 6.02. The lowest BCUT2D eigenvalue weighted by atomic mass is 10.1. The Morgan fingerprint density at radius 3 is 2.67 bits per heavy atom. The van der Waals surface area contributed by atoms with Gasteiger partial charge in [0.25, 0.3) is 0 Å². The quantitative estimate of drug-likeness (QED) is 0.943. The molecule has 2 aromatic rings. The molecule has 1 heterocycles. The van der Waals surface area contributed by atoms with Gasteiger partial charge in [-0.1, -0.05) is 6.07 Å². The summed E-state index contributed by atoms with van der Waals surface area (Å²) >= 11 is 3.19. The van der Waals surface area contributed by atoms with E-state index in [0.29, 0.717) is 10.9 Å². The number of hydrogen-bond donors (Lipinski definition) is 1. The van der Waals surface area contributed by atoms with Gasteiger partial charge in [0.15, 0.2) is 0 Å². The minimum atomic E-state index is -0.254. The van der Waals surface area contributed by atoms with Crippen LogP contribution in [-0.2, 0) is 6.42 Å². The van der Waals surface area contributed by atoms with Crippen LogP contribution in [0.3, 0.4) is 0 Å². The maximum absolute atomic E-state index is 13.2. The zero-order chi connectivity index (χ0) is 13.0. The van der Waals surface area contributed by atoms with E-state index in [1.165, 1.54) is 6.07 Å². The zero-order valence-corrected chi connectivity index (χ0v) is 11.5. The molecule has 2 rings (SSSR count). The van der Waals surface area contributed by atoms with Crippen LogP contribution in [0.2, 0.25) is 0 Å². The van der Waals surface area contributed by atoms with Gasteiger partial charge in [0, 0.05) is 12.4 Å². The molecule has 0 saturated carbocycles. The minimum absolute atomic E-state index is 0.0172. The first-order valence-electron chi connectivity index (χ1n) is 5.59. The first-order chi connectivity index (χ1) is 8.70. The van der Waals surface area contributed by atoms with Gasteiger partial charge in [-0.05, 0) is 53.2 Å². The molecule has 0 amide bonds. The van der Waals surface area contributed by atoms with Crippen LogP contribution in [0.1, 0.15) is 17.4 Å². The van der Waals surface area contributed by atoms with Gasteiger partial charge < -0.3 is 5.32 Å². The molecule has 0 spiro atoms. The van der Waals surface area contributed by atoms with Crippen molar-refractivity contribution in [2.75, 3.05) is 7.05 Å². The van der Waals surface area contributed by atoms with Crippen LogP contribution in [0.5, 0.6) is 0 Å². The van der Waals surface area contributed by atoms with E-state index in [1.807, 2.05) is 7.05 Å². The Bertz CT molecular complexity index is 519. The number of rotatable bonds is 4. The fourth-order valence-corrected chi connectivity index (χ4v) is 2.14. The number of nitrogens with zero attached hydrogens (tertiary/aromatic N) is 2. The van der Waals surface area contributed by atoms with Crippen molar-refractivity contribution in [2.45, 2.75) is 12.5 Å². The molecule has 1 atom stereocenters. The molecule has 94 valence electrons. The molecule has 1 aromatic carbocycles. The topological polar surface area (TPSA) is 37.8 Å². The third-order valence-electron chi connectivity index (χ3n) is 2.67. The summed E-state index contributed by atoms with van der Waals surface area (Å²) in [5.74, 6) is 0.483. The second-order valence-corrected chi connectivity index (χ2v) is 4.76. The molecular formula is C13H13BrFN3. The smallest absolute Gasteiger partial charge is 0.145 e. The van der Waals surface area contributed by atoms with E-state index >= 15 is 0 Å². The van der Waals surface area contributed by atoms with E-state index in [4.69, 9.17) is 0 Å². The molecule has 0 aliphatic carbocycles. The highest BCUT2D eigenvalue weighted by Gasteiger charge is 2.13. The van der Waals surface area contributed by atoms with Crippen LogP contribution < -0.4 is 5.32 Å². The largest absolute Gasteiger partial charge is 0.310 e. The summed E-state index contributed by atoms with van der Waals surface area (Å²) in [5.41, 5.74) is 1.02. The Balaban J connectivity index is 2.18. The Morgan fingerprint density at radius 1 is 1.33 bits per heavy atom. The van der Waals surface area contributed by atoms with Crippen molar-refractivity contribution >= 4 is 15.9 Å². The number of hydrogen-bond acceptors (Lipinski definition) is 3. The number of aromatic nitrogens is 2. The van der Waals surface area contributed by atoms with Crippen molar-refractivity contribution < 1.29 is 4.39 Å². The van der Waals surface area contributed by atoms with Crippen molar-refractivity contribution in [1.82, 2.24) is 15.3 Å². The predicted octanol–water partition coefficient (Wildman–Crippen LogP) is 2.88. The predicted molar refractivity (Wildman–Crippen MR) is 71.6 cm³/mol. The molecule has 0 aliphatic rings. The van der Waals surface area contributed by atoms with Gasteiger partial charge in [-0.25, -0.2) is 14.4 Å². The summed E-state index contributed by atoms with van der Waals surface area (Å²) in [4.78, 5) is 8.45. The van der Waals surface area contributed by atoms with Crippen molar-refractivity contribution in [1.29, 1.82) is 0 Å². The van der Waals surface area contributed by atoms with Crippen LogP contribution in [0.25, 0.3) is 0 Å². The number of nitrogens with one attached hydrogen (secondary N) is 1. The van der Waals surface area contributed by atoms with Crippen molar-refractivity contribution in [3.63, 3.8) is 0 Å². The monoisotopic (exact) mass is 309 g/mol. The van der Waals surface area contributed by atoms with Crippen LogP contribution in [0.15, 0.2) is 41.1 Å². The highest BCUT2D eigenvalue weighted by atomic mass is 79.9. The number of halogens is 2.